The molecule has 0 bridgehead atoms. The number of nitrogens with zero attached hydrogens (tertiary/aromatic N) is 1. The lowest BCUT2D eigenvalue weighted by Crippen LogP contribution is -2.44. The molecule has 0 radical (unpaired) electrons. The molecule has 1 aliphatic rings. The monoisotopic (exact) mass is 294 g/mol. The summed E-state index contributed by atoms with van der Waals surface area (Å²) in [5.74, 6) is 0.693. The number of nitrogens with one attached hydrogen (secondary N) is 1. The van der Waals surface area contributed by atoms with Crippen molar-refractivity contribution >= 4 is 11.6 Å². The van der Waals surface area contributed by atoms with E-state index < -0.39 is 0 Å². The molecule has 1 aromatic rings. The van der Waals surface area contributed by atoms with Crippen molar-refractivity contribution in [1.29, 1.82) is 0 Å². The fourth-order valence-corrected chi connectivity index (χ4v) is 3.15. The first kappa shape index (κ1) is 15.8. The molecule has 0 amide bonds. The number of halogens is 1. The fraction of sp³-hybridized carbons (Fsp3) is 0.647. The maximum absolute atomic E-state index is 5.94. The van der Waals surface area contributed by atoms with Crippen LogP contribution in [0, 0.1) is 5.92 Å². The van der Waals surface area contributed by atoms with Gasteiger partial charge in [0.2, 0.25) is 0 Å². The summed E-state index contributed by atoms with van der Waals surface area (Å²) >= 11 is 5.94. The van der Waals surface area contributed by atoms with Gasteiger partial charge in [0.15, 0.2) is 0 Å². The standard InChI is InChI=1S/C17H27ClN2/c1-13(2)17(20-10-4-5-11-20)12-19-14(3)15-6-8-16(18)9-7-15/h6-9,13-14,17,19H,4-5,10-12H2,1-3H3. The Kier molecular flexibility index (Phi) is 5.88. The van der Waals surface area contributed by atoms with Crippen molar-refractivity contribution in [2.45, 2.75) is 45.7 Å². The van der Waals surface area contributed by atoms with E-state index in [9.17, 15) is 0 Å². The normalized spacial score (nSPS) is 19.4. The van der Waals surface area contributed by atoms with Gasteiger partial charge in [0.05, 0.1) is 0 Å². The van der Waals surface area contributed by atoms with Crippen LogP contribution in [0.2, 0.25) is 5.02 Å². The molecule has 0 aliphatic carbocycles. The lowest BCUT2D eigenvalue weighted by atomic mass is 10.0. The summed E-state index contributed by atoms with van der Waals surface area (Å²) in [6, 6.07) is 9.18. The number of hydrogen-bond donors (Lipinski definition) is 1. The topological polar surface area (TPSA) is 15.3 Å². The molecule has 1 heterocycles. The van der Waals surface area contributed by atoms with Crippen molar-refractivity contribution in [2.75, 3.05) is 19.6 Å². The Morgan fingerprint density at radius 3 is 2.25 bits per heavy atom. The molecule has 0 saturated carbocycles. The molecule has 2 nitrogen and oxygen atoms in total. The molecule has 1 aliphatic heterocycles. The van der Waals surface area contributed by atoms with Crippen LogP contribution in [0.3, 0.4) is 0 Å². The highest BCUT2D eigenvalue weighted by Gasteiger charge is 2.24. The second-order valence-electron chi connectivity index (χ2n) is 6.24. The van der Waals surface area contributed by atoms with Crippen molar-refractivity contribution in [3.63, 3.8) is 0 Å². The van der Waals surface area contributed by atoms with E-state index in [1.54, 1.807) is 0 Å². The summed E-state index contributed by atoms with van der Waals surface area (Å²) in [6.45, 7) is 10.5. The predicted octanol–water partition coefficient (Wildman–Crippen LogP) is 4.11. The van der Waals surface area contributed by atoms with E-state index >= 15 is 0 Å². The van der Waals surface area contributed by atoms with Crippen molar-refractivity contribution in [3.8, 4) is 0 Å². The molecule has 0 aromatic heterocycles. The van der Waals surface area contributed by atoms with Crippen molar-refractivity contribution in [2.24, 2.45) is 5.92 Å². The summed E-state index contributed by atoms with van der Waals surface area (Å²) < 4.78 is 0. The van der Waals surface area contributed by atoms with Gasteiger partial charge in [-0.15, -0.1) is 0 Å². The summed E-state index contributed by atoms with van der Waals surface area (Å²) in [4.78, 5) is 2.65. The summed E-state index contributed by atoms with van der Waals surface area (Å²) in [6.07, 6.45) is 2.71. The van der Waals surface area contributed by atoms with E-state index in [0.717, 1.165) is 11.6 Å². The van der Waals surface area contributed by atoms with Crippen molar-refractivity contribution in [3.05, 3.63) is 34.9 Å². The maximum atomic E-state index is 5.94. The third kappa shape index (κ3) is 4.21. The van der Waals surface area contributed by atoms with Crippen LogP contribution in [0.5, 0.6) is 0 Å². The van der Waals surface area contributed by atoms with Crippen LogP contribution < -0.4 is 5.32 Å². The minimum absolute atomic E-state index is 0.371. The smallest absolute Gasteiger partial charge is 0.0406 e. The molecule has 1 N–H and O–H groups in total. The van der Waals surface area contributed by atoms with Crippen LogP contribution in [-0.2, 0) is 0 Å². The Balaban J connectivity index is 1.89. The summed E-state index contributed by atoms with van der Waals surface area (Å²) in [5, 5.41) is 4.50. The highest BCUT2D eigenvalue weighted by Crippen LogP contribution is 2.19. The molecule has 0 spiro atoms. The van der Waals surface area contributed by atoms with Crippen LogP contribution in [0.25, 0.3) is 0 Å². The zero-order valence-corrected chi connectivity index (χ0v) is 13.7. The highest BCUT2D eigenvalue weighted by molar-refractivity contribution is 6.30. The molecule has 2 atom stereocenters. The second kappa shape index (κ2) is 7.44. The lowest BCUT2D eigenvalue weighted by molar-refractivity contribution is 0.183. The van der Waals surface area contributed by atoms with E-state index in [4.69, 9.17) is 11.6 Å². The van der Waals surface area contributed by atoms with Gasteiger partial charge in [-0.25, -0.2) is 0 Å². The Labute approximate surface area is 128 Å². The first-order chi connectivity index (χ1) is 9.58. The number of benzene rings is 1. The maximum Gasteiger partial charge on any atom is 0.0406 e. The SMILES string of the molecule is CC(NCC(C(C)C)N1CCCC1)c1ccc(Cl)cc1. The summed E-state index contributed by atoms with van der Waals surface area (Å²) in [7, 11) is 0. The zero-order valence-electron chi connectivity index (χ0n) is 12.9. The third-order valence-electron chi connectivity index (χ3n) is 4.38. The summed E-state index contributed by atoms with van der Waals surface area (Å²) in [5.41, 5.74) is 1.30. The van der Waals surface area contributed by atoms with Crippen LogP contribution in [0.4, 0.5) is 0 Å². The van der Waals surface area contributed by atoms with Gasteiger partial charge in [-0.1, -0.05) is 37.6 Å². The molecule has 1 saturated heterocycles. The molecule has 3 heteroatoms. The molecular formula is C17H27ClN2. The van der Waals surface area contributed by atoms with E-state index in [1.807, 2.05) is 12.1 Å². The fourth-order valence-electron chi connectivity index (χ4n) is 3.03. The van der Waals surface area contributed by atoms with Crippen LogP contribution in [-0.4, -0.2) is 30.6 Å². The number of likely N-dealkylation sites (tertiary alicyclic amines) is 1. The van der Waals surface area contributed by atoms with E-state index in [2.05, 4.69) is 43.1 Å². The highest BCUT2D eigenvalue weighted by atomic mass is 35.5. The van der Waals surface area contributed by atoms with Gasteiger partial charge < -0.3 is 5.32 Å². The average Bonchev–Trinajstić information content (AvgIpc) is 2.93. The van der Waals surface area contributed by atoms with Crippen LogP contribution in [0.15, 0.2) is 24.3 Å². The van der Waals surface area contributed by atoms with Crippen molar-refractivity contribution < 1.29 is 0 Å². The minimum Gasteiger partial charge on any atom is -0.309 e. The van der Waals surface area contributed by atoms with Gasteiger partial charge in [0.1, 0.15) is 0 Å². The Morgan fingerprint density at radius 1 is 1.10 bits per heavy atom. The van der Waals surface area contributed by atoms with Gasteiger partial charge >= 0.3 is 0 Å². The first-order valence-electron chi connectivity index (χ1n) is 7.81. The van der Waals surface area contributed by atoms with Crippen LogP contribution in [0.1, 0.15) is 45.2 Å². The third-order valence-corrected chi connectivity index (χ3v) is 4.63. The largest absolute Gasteiger partial charge is 0.309 e. The van der Waals surface area contributed by atoms with Gasteiger partial charge in [0.25, 0.3) is 0 Å². The molecule has 2 rings (SSSR count). The predicted molar refractivity (Wildman–Crippen MR) is 87.3 cm³/mol. The van der Waals surface area contributed by atoms with Gasteiger partial charge in [-0.2, -0.15) is 0 Å². The molecular weight excluding hydrogens is 268 g/mol. The van der Waals surface area contributed by atoms with E-state index in [1.165, 1.54) is 31.5 Å². The molecule has 2 unspecified atom stereocenters. The minimum atomic E-state index is 0.371. The zero-order chi connectivity index (χ0) is 14.5. The Hall–Kier alpha value is -0.570. The van der Waals surface area contributed by atoms with Gasteiger partial charge in [0, 0.05) is 23.7 Å². The molecule has 1 fully saturated rings. The Morgan fingerprint density at radius 2 is 1.70 bits per heavy atom. The molecule has 1 aromatic carbocycles. The van der Waals surface area contributed by atoms with Crippen molar-refractivity contribution in [1.82, 2.24) is 10.2 Å². The average molecular weight is 295 g/mol. The van der Waals surface area contributed by atoms with Gasteiger partial charge in [-0.3, -0.25) is 4.90 Å². The number of rotatable bonds is 6. The van der Waals surface area contributed by atoms with Crippen LogP contribution >= 0.6 is 11.6 Å². The quantitative estimate of drug-likeness (QED) is 0.849. The first-order valence-corrected chi connectivity index (χ1v) is 8.18. The van der Waals surface area contributed by atoms with E-state index in [0.29, 0.717) is 18.0 Å². The van der Waals surface area contributed by atoms with Gasteiger partial charge in [-0.05, 0) is 56.5 Å². The number of hydrogen-bond acceptors (Lipinski definition) is 2. The molecule has 112 valence electrons. The second-order valence-corrected chi connectivity index (χ2v) is 6.67. The van der Waals surface area contributed by atoms with E-state index in [-0.39, 0.29) is 0 Å². The lowest BCUT2D eigenvalue weighted by Gasteiger charge is -2.32. The Bertz CT molecular complexity index is 396. The molecule has 20 heavy (non-hydrogen) atoms.